The lowest BCUT2D eigenvalue weighted by Crippen LogP contribution is -2.19. The maximum absolute atomic E-state index is 12.2. The van der Waals surface area contributed by atoms with Gasteiger partial charge in [0.05, 0.1) is 21.9 Å². The average molecular weight is 431 g/mol. The van der Waals surface area contributed by atoms with Crippen molar-refractivity contribution in [2.45, 2.75) is 26.2 Å². The first kappa shape index (κ1) is 20.7. The maximum Gasteiger partial charge on any atom is 0.303 e. The number of thiazole rings is 1. The normalized spacial score (nSPS) is 16.2. The average Bonchev–Trinajstić information content (AvgIpc) is 3.27. The predicted octanol–water partition coefficient (Wildman–Crippen LogP) is 3.40. The van der Waals surface area contributed by atoms with Gasteiger partial charge in [-0.05, 0) is 42.0 Å². The number of aliphatic carboxylic acids is 1. The van der Waals surface area contributed by atoms with E-state index in [1.54, 1.807) is 6.08 Å². The molecule has 29 heavy (non-hydrogen) atoms. The number of amides is 2. The molecule has 8 nitrogen and oxygen atoms in total. The zero-order valence-corrected chi connectivity index (χ0v) is 17.1. The Morgan fingerprint density at radius 1 is 1.28 bits per heavy atom. The molecule has 3 N–H and O–H groups in total. The Morgan fingerprint density at radius 2 is 2.03 bits per heavy atom. The fourth-order valence-electron chi connectivity index (χ4n) is 2.35. The molecule has 0 saturated carbocycles. The number of carboxylic acids is 1. The molecular weight excluding hydrogens is 412 g/mol. The van der Waals surface area contributed by atoms with Gasteiger partial charge in [0.2, 0.25) is 5.91 Å². The molecule has 1 aromatic heterocycles. The molecule has 0 unspecified atom stereocenters. The minimum absolute atomic E-state index is 0.122. The maximum atomic E-state index is 12.2. The van der Waals surface area contributed by atoms with Crippen molar-refractivity contribution >= 4 is 62.9 Å². The number of nitrogens with zero attached hydrogens (tertiary/aromatic N) is 2. The molecule has 0 radical (unpaired) electrons. The number of rotatable bonds is 7. The number of amidine groups is 1. The molecule has 0 bridgehead atoms. The van der Waals surface area contributed by atoms with Crippen LogP contribution in [0.4, 0.5) is 10.8 Å². The zero-order valence-electron chi connectivity index (χ0n) is 15.5. The van der Waals surface area contributed by atoms with Gasteiger partial charge in [-0.25, -0.2) is 9.98 Å². The van der Waals surface area contributed by atoms with E-state index in [0.717, 1.165) is 12.1 Å². The first-order chi connectivity index (χ1) is 13.9. The number of hydrogen-bond donors (Lipinski definition) is 3. The molecule has 0 aliphatic carbocycles. The van der Waals surface area contributed by atoms with Crippen LogP contribution in [-0.4, -0.2) is 33.0 Å². The van der Waals surface area contributed by atoms with Gasteiger partial charge in [-0.15, -0.1) is 0 Å². The van der Waals surface area contributed by atoms with Crippen LogP contribution in [0.2, 0.25) is 0 Å². The topological polar surface area (TPSA) is 121 Å². The Balaban J connectivity index is 1.64. The highest BCUT2D eigenvalue weighted by Gasteiger charge is 2.24. The first-order valence-corrected chi connectivity index (χ1v) is 10.4. The lowest BCUT2D eigenvalue weighted by atomic mass is 10.2. The summed E-state index contributed by atoms with van der Waals surface area (Å²) in [6.45, 7) is 2.08. The van der Waals surface area contributed by atoms with Crippen molar-refractivity contribution in [2.75, 3.05) is 5.32 Å². The van der Waals surface area contributed by atoms with Crippen LogP contribution in [-0.2, 0) is 20.8 Å². The van der Waals surface area contributed by atoms with Gasteiger partial charge in [0, 0.05) is 12.6 Å². The van der Waals surface area contributed by atoms with Crippen molar-refractivity contribution in [1.82, 2.24) is 10.3 Å². The van der Waals surface area contributed by atoms with Crippen molar-refractivity contribution in [3.8, 4) is 0 Å². The van der Waals surface area contributed by atoms with Gasteiger partial charge in [0.15, 0.2) is 10.3 Å². The number of carbonyl (C=O) groups is 3. The third-order valence-corrected chi connectivity index (χ3v) is 5.60. The lowest BCUT2D eigenvalue weighted by molar-refractivity contribution is -0.138. The van der Waals surface area contributed by atoms with Crippen LogP contribution in [0.1, 0.15) is 30.2 Å². The summed E-state index contributed by atoms with van der Waals surface area (Å²) in [5.74, 6) is -1.70. The van der Waals surface area contributed by atoms with Gasteiger partial charge in [0.1, 0.15) is 0 Å². The molecule has 1 aliphatic heterocycles. The molecular formula is C19H18N4O4S2. The van der Waals surface area contributed by atoms with E-state index in [0.29, 0.717) is 20.1 Å². The van der Waals surface area contributed by atoms with Crippen molar-refractivity contribution in [3.05, 3.63) is 45.8 Å². The zero-order chi connectivity index (χ0) is 20.8. The van der Waals surface area contributed by atoms with Crippen LogP contribution in [0.3, 0.4) is 0 Å². The van der Waals surface area contributed by atoms with Crippen molar-refractivity contribution in [3.63, 3.8) is 0 Å². The summed E-state index contributed by atoms with van der Waals surface area (Å²) in [5, 5.41) is 14.7. The van der Waals surface area contributed by atoms with Crippen molar-refractivity contribution in [2.24, 2.45) is 4.99 Å². The number of nitrogens with one attached hydrogen (secondary N) is 2. The third-order valence-electron chi connectivity index (χ3n) is 3.84. The molecule has 0 spiro atoms. The number of aryl methyl sites for hydroxylation is 1. The number of benzene rings is 1. The van der Waals surface area contributed by atoms with E-state index in [2.05, 4.69) is 27.5 Å². The van der Waals surface area contributed by atoms with Gasteiger partial charge in [-0.3, -0.25) is 14.4 Å². The number of aliphatic imine (C=N–C) groups is 1. The summed E-state index contributed by atoms with van der Waals surface area (Å²) >= 11 is 2.42. The summed E-state index contributed by atoms with van der Waals surface area (Å²) in [5.41, 5.74) is 1.98. The SMILES string of the molecule is CCc1ccc(N=C2NC(=O)C(=Cc3cnc(NC(=O)CCC(=O)O)s3)S2)cc1. The minimum atomic E-state index is -1.03. The predicted molar refractivity (Wildman–Crippen MR) is 114 cm³/mol. The first-order valence-electron chi connectivity index (χ1n) is 8.79. The van der Waals surface area contributed by atoms with Crippen molar-refractivity contribution < 1.29 is 19.5 Å². The highest BCUT2D eigenvalue weighted by atomic mass is 32.2. The second kappa shape index (κ2) is 9.48. The highest BCUT2D eigenvalue weighted by molar-refractivity contribution is 8.18. The number of carbonyl (C=O) groups excluding carboxylic acids is 2. The van der Waals surface area contributed by atoms with Gasteiger partial charge in [-0.1, -0.05) is 30.4 Å². The van der Waals surface area contributed by atoms with E-state index in [4.69, 9.17) is 5.11 Å². The Morgan fingerprint density at radius 3 is 2.72 bits per heavy atom. The van der Waals surface area contributed by atoms with Crippen LogP contribution in [0, 0.1) is 0 Å². The fraction of sp³-hybridized carbons (Fsp3) is 0.211. The van der Waals surface area contributed by atoms with Gasteiger partial charge >= 0.3 is 5.97 Å². The van der Waals surface area contributed by atoms with Gasteiger partial charge in [-0.2, -0.15) is 0 Å². The lowest BCUT2D eigenvalue weighted by Gasteiger charge is -1.98. The second-order valence-corrected chi connectivity index (χ2v) is 8.10. The molecule has 2 amide bonds. The Hall–Kier alpha value is -2.98. The van der Waals surface area contributed by atoms with E-state index >= 15 is 0 Å². The van der Waals surface area contributed by atoms with Crippen LogP contribution >= 0.6 is 23.1 Å². The molecule has 1 aliphatic rings. The van der Waals surface area contributed by atoms with E-state index in [-0.39, 0.29) is 18.7 Å². The monoisotopic (exact) mass is 430 g/mol. The number of carboxylic acid groups (broad SMARTS) is 1. The number of aromatic nitrogens is 1. The number of anilines is 1. The van der Waals surface area contributed by atoms with Crippen LogP contribution in [0.15, 0.2) is 40.4 Å². The smallest absolute Gasteiger partial charge is 0.303 e. The van der Waals surface area contributed by atoms with Gasteiger partial charge in [0.25, 0.3) is 5.91 Å². The molecule has 3 rings (SSSR count). The summed E-state index contributed by atoms with van der Waals surface area (Å²) in [7, 11) is 0. The molecule has 2 aromatic rings. The Kier molecular flexibility index (Phi) is 6.78. The Labute approximate surface area is 175 Å². The third kappa shape index (κ3) is 6.00. The molecule has 150 valence electrons. The Bertz CT molecular complexity index is 996. The largest absolute Gasteiger partial charge is 0.481 e. The summed E-state index contributed by atoms with van der Waals surface area (Å²) in [6, 6.07) is 7.81. The molecule has 1 aromatic carbocycles. The summed E-state index contributed by atoms with van der Waals surface area (Å²) in [6.07, 6.45) is 3.80. The molecule has 1 fully saturated rings. The van der Waals surface area contributed by atoms with Crippen LogP contribution in [0.5, 0.6) is 0 Å². The highest BCUT2D eigenvalue weighted by Crippen LogP contribution is 2.30. The summed E-state index contributed by atoms with van der Waals surface area (Å²) in [4.78, 5) is 44.0. The number of hydrogen-bond acceptors (Lipinski definition) is 7. The van der Waals surface area contributed by atoms with E-state index in [1.807, 2.05) is 24.3 Å². The molecule has 1 saturated heterocycles. The van der Waals surface area contributed by atoms with E-state index in [9.17, 15) is 14.4 Å². The molecule has 10 heteroatoms. The van der Waals surface area contributed by atoms with Crippen LogP contribution < -0.4 is 10.6 Å². The second-order valence-electron chi connectivity index (χ2n) is 6.01. The molecule has 2 heterocycles. The van der Waals surface area contributed by atoms with Crippen LogP contribution in [0.25, 0.3) is 6.08 Å². The van der Waals surface area contributed by atoms with E-state index < -0.39 is 11.9 Å². The fourth-order valence-corrected chi connectivity index (χ4v) is 4.03. The van der Waals surface area contributed by atoms with Crippen molar-refractivity contribution in [1.29, 1.82) is 0 Å². The minimum Gasteiger partial charge on any atom is -0.481 e. The summed E-state index contributed by atoms with van der Waals surface area (Å²) < 4.78 is 0. The quantitative estimate of drug-likeness (QED) is 0.579. The molecule has 0 atom stereocenters. The number of thioether (sulfide) groups is 1. The van der Waals surface area contributed by atoms with E-state index in [1.165, 1.54) is 34.9 Å². The van der Waals surface area contributed by atoms with Gasteiger partial charge < -0.3 is 15.7 Å². The standard InChI is InChI=1S/C19H18N4O4S2/c1-2-11-3-5-12(6-4-11)21-19-23-17(27)14(29-19)9-13-10-20-18(28-13)22-15(24)7-8-16(25)26/h3-6,9-10H,2,7-8H2,1H3,(H,25,26)(H,20,22,24)(H,21,23,27).